The van der Waals surface area contributed by atoms with Gasteiger partial charge in [0.15, 0.2) is 0 Å². The quantitative estimate of drug-likeness (QED) is 0.483. The van der Waals surface area contributed by atoms with Gasteiger partial charge in [0.05, 0.1) is 11.2 Å². The number of nitrogens with zero attached hydrogens (tertiary/aromatic N) is 5. The average molecular weight is 471 g/mol. The molecule has 0 aromatic carbocycles. The Morgan fingerprint density at radius 1 is 1.15 bits per heavy atom. The molecular formula is C24H28F2N6S. The molecule has 0 atom stereocenters. The summed E-state index contributed by atoms with van der Waals surface area (Å²) in [5.74, 6) is 1.08. The average Bonchev–Trinajstić information content (AvgIpc) is 3.40. The number of fused-ring (bicyclic) bond motifs is 1. The van der Waals surface area contributed by atoms with E-state index in [-0.39, 0.29) is 11.2 Å². The number of nitrogens with one attached hydrogen (secondary N) is 1. The summed E-state index contributed by atoms with van der Waals surface area (Å²) in [5, 5.41) is 0. The molecule has 1 aliphatic heterocycles. The van der Waals surface area contributed by atoms with Crippen LogP contribution in [0.25, 0.3) is 16.8 Å². The number of alkyl halides is 2. The molecule has 0 bridgehead atoms. The minimum atomic E-state index is -2.58. The molecule has 33 heavy (non-hydrogen) atoms. The standard InChI is InChI=1S/C24H28F2N6S/c1-16(2)30-8-10-31(11-9-30)21-13-18(33-29-24(3)6-7-24)12-20-22(28-15-32(20)21)17-4-5-19(23(25)26)27-14-17/h4-5,12-15,23,29H,1,6-11H2,2-3H3. The van der Waals surface area contributed by atoms with Crippen LogP contribution in [0, 0.1) is 0 Å². The van der Waals surface area contributed by atoms with E-state index in [1.165, 1.54) is 25.1 Å². The summed E-state index contributed by atoms with van der Waals surface area (Å²) < 4.78 is 31.6. The monoisotopic (exact) mass is 470 g/mol. The molecule has 3 aromatic heterocycles. The summed E-state index contributed by atoms with van der Waals surface area (Å²) in [5.41, 5.74) is 3.47. The Labute approximate surface area is 196 Å². The van der Waals surface area contributed by atoms with Gasteiger partial charge in [0.2, 0.25) is 0 Å². The highest BCUT2D eigenvalue weighted by molar-refractivity contribution is 7.97. The van der Waals surface area contributed by atoms with E-state index in [1.807, 2.05) is 13.3 Å². The molecule has 0 spiro atoms. The molecule has 0 amide bonds. The number of hydrogen-bond acceptors (Lipinski definition) is 6. The second kappa shape index (κ2) is 8.61. The molecule has 4 heterocycles. The van der Waals surface area contributed by atoms with Gasteiger partial charge in [0.1, 0.15) is 17.8 Å². The van der Waals surface area contributed by atoms with Crippen molar-refractivity contribution in [2.45, 2.75) is 43.5 Å². The normalized spacial score (nSPS) is 17.7. The zero-order chi connectivity index (χ0) is 23.2. The number of halogens is 2. The van der Waals surface area contributed by atoms with Crippen LogP contribution in [0.4, 0.5) is 14.6 Å². The fourth-order valence-electron chi connectivity index (χ4n) is 4.04. The molecule has 174 valence electrons. The van der Waals surface area contributed by atoms with Crippen molar-refractivity contribution >= 4 is 23.3 Å². The largest absolute Gasteiger partial charge is 0.372 e. The number of anilines is 1. The minimum Gasteiger partial charge on any atom is -0.372 e. The van der Waals surface area contributed by atoms with Crippen molar-refractivity contribution in [1.82, 2.24) is 24.0 Å². The van der Waals surface area contributed by atoms with E-state index in [0.717, 1.165) is 59.4 Å². The number of rotatable bonds is 7. The Balaban J connectivity index is 1.52. The molecule has 1 saturated carbocycles. The van der Waals surface area contributed by atoms with Crippen molar-refractivity contribution in [2.24, 2.45) is 0 Å². The lowest BCUT2D eigenvalue weighted by atomic mass is 10.1. The summed E-state index contributed by atoms with van der Waals surface area (Å²) in [6, 6.07) is 7.36. The number of aromatic nitrogens is 3. The lowest BCUT2D eigenvalue weighted by molar-refractivity contribution is 0.146. The van der Waals surface area contributed by atoms with Crippen LogP contribution in [0.5, 0.6) is 0 Å². The minimum absolute atomic E-state index is 0.197. The van der Waals surface area contributed by atoms with Crippen molar-refractivity contribution in [2.75, 3.05) is 31.1 Å². The van der Waals surface area contributed by atoms with E-state index in [1.54, 1.807) is 18.0 Å². The van der Waals surface area contributed by atoms with Crippen LogP contribution < -0.4 is 9.62 Å². The summed E-state index contributed by atoms with van der Waals surface area (Å²) >= 11 is 1.64. The smallest absolute Gasteiger partial charge is 0.280 e. The molecule has 0 unspecified atom stereocenters. The van der Waals surface area contributed by atoms with Crippen LogP contribution in [0.2, 0.25) is 0 Å². The van der Waals surface area contributed by atoms with Gasteiger partial charge in [-0.1, -0.05) is 6.58 Å². The highest BCUT2D eigenvalue weighted by Gasteiger charge is 2.37. The predicted octanol–water partition coefficient (Wildman–Crippen LogP) is 5.14. The van der Waals surface area contributed by atoms with Crippen LogP contribution in [0.1, 0.15) is 38.8 Å². The fraction of sp³-hybridized carbons (Fsp3) is 0.417. The number of imidazole rings is 1. The van der Waals surface area contributed by atoms with E-state index < -0.39 is 6.43 Å². The first-order chi connectivity index (χ1) is 15.8. The van der Waals surface area contributed by atoms with Gasteiger partial charge in [-0.05, 0) is 62.9 Å². The van der Waals surface area contributed by atoms with Crippen LogP contribution in [-0.4, -0.2) is 51.0 Å². The Morgan fingerprint density at radius 2 is 1.91 bits per heavy atom. The summed E-state index contributed by atoms with van der Waals surface area (Å²) in [6.07, 6.45) is 3.07. The summed E-state index contributed by atoms with van der Waals surface area (Å²) in [7, 11) is 0. The van der Waals surface area contributed by atoms with Gasteiger partial charge in [0.25, 0.3) is 6.43 Å². The predicted molar refractivity (Wildman–Crippen MR) is 129 cm³/mol. The molecular weight excluding hydrogens is 442 g/mol. The number of allylic oxidation sites excluding steroid dienone is 1. The molecule has 1 saturated heterocycles. The third-order valence-corrected chi connectivity index (χ3v) is 7.51. The number of pyridine rings is 2. The molecule has 5 rings (SSSR count). The second-order valence-electron chi connectivity index (χ2n) is 9.14. The van der Waals surface area contributed by atoms with E-state index in [9.17, 15) is 8.78 Å². The Morgan fingerprint density at radius 3 is 2.52 bits per heavy atom. The Hall–Kier alpha value is -2.65. The number of piperazine rings is 1. The summed E-state index contributed by atoms with van der Waals surface area (Å²) in [4.78, 5) is 14.4. The van der Waals surface area contributed by atoms with E-state index in [4.69, 9.17) is 0 Å². The SMILES string of the molecule is C=C(C)N1CCN(c2cc(SNC3(C)CC3)cc3c(-c4ccc(C(F)F)nc4)ncn23)CC1. The first kappa shape index (κ1) is 22.2. The van der Waals surface area contributed by atoms with Gasteiger partial charge >= 0.3 is 0 Å². The Bertz CT molecular complexity index is 1160. The molecule has 0 radical (unpaired) electrons. The summed E-state index contributed by atoms with van der Waals surface area (Å²) in [6.45, 7) is 12.0. The molecule has 1 N–H and O–H groups in total. The molecule has 9 heteroatoms. The first-order valence-corrected chi connectivity index (χ1v) is 12.0. The molecule has 2 aliphatic rings. The topological polar surface area (TPSA) is 48.7 Å². The van der Waals surface area contributed by atoms with Crippen LogP contribution in [0.3, 0.4) is 0 Å². The van der Waals surface area contributed by atoms with Gasteiger partial charge in [-0.3, -0.25) is 14.1 Å². The lowest BCUT2D eigenvalue weighted by Crippen LogP contribution is -2.45. The molecule has 3 aromatic rings. The van der Waals surface area contributed by atoms with Crippen molar-refractivity contribution in [3.05, 3.63) is 54.8 Å². The van der Waals surface area contributed by atoms with E-state index in [0.29, 0.717) is 0 Å². The van der Waals surface area contributed by atoms with Crippen LogP contribution in [-0.2, 0) is 0 Å². The van der Waals surface area contributed by atoms with E-state index in [2.05, 4.69) is 54.5 Å². The molecule has 6 nitrogen and oxygen atoms in total. The van der Waals surface area contributed by atoms with Crippen LogP contribution >= 0.6 is 11.9 Å². The highest BCUT2D eigenvalue weighted by Crippen LogP contribution is 2.39. The van der Waals surface area contributed by atoms with Gasteiger partial charge in [-0.15, -0.1) is 0 Å². The molecule has 1 aliphatic carbocycles. The Kier molecular flexibility index (Phi) is 5.78. The van der Waals surface area contributed by atoms with Crippen molar-refractivity contribution < 1.29 is 8.78 Å². The van der Waals surface area contributed by atoms with Crippen molar-refractivity contribution in [3.8, 4) is 11.3 Å². The van der Waals surface area contributed by atoms with Gasteiger partial charge in [-0.25, -0.2) is 13.8 Å². The second-order valence-corrected chi connectivity index (χ2v) is 10.0. The zero-order valence-corrected chi connectivity index (χ0v) is 19.7. The maximum absolute atomic E-state index is 13.0. The zero-order valence-electron chi connectivity index (χ0n) is 18.9. The van der Waals surface area contributed by atoms with Gasteiger partial charge < -0.3 is 9.80 Å². The third-order valence-electron chi connectivity index (χ3n) is 6.44. The third kappa shape index (κ3) is 4.56. The highest BCUT2D eigenvalue weighted by atomic mass is 32.2. The molecule has 2 fully saturated rings. The van der Waals surface area contributed by atoms with Gasteiger partial charge in [0, 0.05) is 54.1 Å². The first-order valence-electron chi connectivity index (χ1n) is 11.2. The number of hydrogen-bond donors (Lipinski definition) is 1. The van der Waals surface area contributed by atoms with Crippen LogP contribution in [0.15, 0.2) is 54.0 Å². The fourth-order valence-corrected chi connectivity index (χ4v) is 4.94. The van der Waals surface area contributed by atoms with Crippen molar-refractivity contribution in [3.63, 3.8) is 0 Å². The van der Waals surface area contributed by atoms with E-state index >= 15 is 0 Å². The maximum atomic E-state index is 13.0. The lowest BCUT2D eigenvalue weighted by Gasteiger charge is -2.37. The maximum Gasteiger partial charge on any atom is 0.280 e. The van der Waals surface area contributed by atoms with Crippen molar-refractivity contribution in [1.29, 1.82) is 0 Å². The van der Waals surface area contributed by atoms with Gasteiger partial charge in [-0.2, -0.15) is 0 Å².